The number of fused-ring (bicyclic) bond motifs is 1. The Hall–Kier alpha value is -2.28. The lowest BCUT2D eigenvalue weighted by Crippen LogP contribution is -2.29. The van der Waals surface area contributed by atoms with Crippen molar-refractivity contribution in [2.24, 2.45) is 0 Å². The topological polar surface area (TPSA) is 76.1 Å². The van der Waals surface area contributed by atoms with Gasteiger partial charge >= 0.3 is 6.01 Å². The van der Waals surface area contributed by atoms with Gasteiger partial charge in [0.15, 0.2) is 0 Å². The van der Waals surface area contributed by atoms with E-state index in [1.807, 2.05) is 19.3 Å². The van der Waals surface area contributed by atoms with Gasteiger partial charge in [0, 0.05) is 55.6 Å². The molecule has 7 nitrogen and oxygen atoms in total. The van der Waals surface area contributed by atoms with E-state index in [1.54, 1.807) is 7.11 Å². The molecular formula is C19H26N6O. The molecule has 0 saturated heterocycles. The molecule has 3 heterocycles. The van der Waals surface area contributed by atoms with Crippen LogP contribution < -0.4 is 10.1 Å². The highest BCUT2D eigenvalue weighted by atomic mass is 16.5. The van der Waals surface area contributed by atoms with E-state index >= 15 is 0 Å². The first-order valence-corrected chi connectivity index (χ1v) is 9.41. The first kappa shape index (κ1) is 17.1. The molecule has 0 aromatic carbocycles. The van der Waals surface area contributed by atoms with Gasteiger partial charge in [-0.3, -0.25) is 4.90 Å². The first-order valence-electron chi connectivity index (χ1n) is 9.41. The van der Waals surface area contributed by atoms with Gasteiger partial charge < -0.3 is 10.1 Å². The van der Waals surface area contributed by atoms with Crippen LogP contribution in [0, 0.1) is 6.92 Å². The summed E-state index contributed by atoms with van der Waals surface area (Å²) in [4.78, 5) is 20.3. The molecule has 0 bridgehead atoms. The predicted octanol–water partition coefficient (Wildman–Crippen LogP) is 2.15. The Morgan fingerprint density at radius 2 is 1.92 bits per heavy atom. The van der Waals surface area contributed by atoms with Crippen molar-refractivity contribution in [3.05, 3.63) is 35.0 Å². The molecule has 2 aromatic rings. The fourth-order valence-electron chi connectivity index (χ4n) is 3.58. The number of nitrogens with zero attached hydrogens (tertiary/aromatic N) is 5. The van der Waals surface area contributed by atoms with E-state index in [4.69, 9.17) is 14.7 Å². The van der Waals surface area contributed by atoms with Crippen molar-refractivity contribution in [3.8, 4) is 6.01 Å². The minimum atomic E-state index is 0.412. The summed E-state index contributed by atoms with van der Waals surface area (Å²) in [6.07, 6.45) is 9.44. The van der Waals surface area contributed by atoms with Gasteiger partial charge in [0.2, 0.25) is 0 Å². The van der Waals surface area contributed by atoms with E-state index in [1.165, 1.54) is 30.5 Å². The molecule has 7 heteroatoms. The van der Waals surface area contributed by atoms with E-state index in [2.05, 4.69) is 20.2 Å². The minimum absolute atomic E-state index is 0.412. The van der Waals surface area contributed by atoms with Crippen molar-refractivity contribution in [1.29, 1.82) is 0 Å². The molecular weight excluding hydrogens is 328 g/mol. The Bertz CT molecular complexity index is 759. The lowest BCUT2D eigenvalue weighted by molar-refractivity contribution is 0.277. The smallest absolute Gasteiger partial charge is 0.316 e. The fourth-order valence-corrected chi connectivity index (χ4v) is 3.58. The number of rotatable bonds is 5. The molecule has 0 amide bonds. The van der Waals surface area contributed by atoms with Gasteiger partial charge in [0.05, 0.1) is 12.8 Å². The summed E-state index contributed by atoms with van der Waals surface area (Å²) in [5.74, 6) is 1.93. The Labute approximate surface area is 154 Å². The van der Waals surface area contributed by atoms with E-state index in [0.29, 0.717) is 12.1 Å². The molecule has 138 valence electrons. The van der Waals surface area contributed by atoms with Crippen LogP contribution in [0.3, 0.4) is 0 Å². The molecule has 1 N–H and O–H groups in total. The summed E-state index contributed by atoms with van der Waals surface area (Å²) in [6.45, 7) is 4.81. The third-order valence-corrected chi connectivity index (χ3v) is 5.26. The van der Waals surface area contributed by atoms with E-state index in [-0.39, 0.29) is 0 Å². The maximum Gasteiger partial charge on any atom is 0.316 e. The third-order valence-electron chi connectivity index (χ3n) is 5.26. The standard InChI is InChI=1S/C19H26N6O/c1-13-22-17-7-9-25(12-14-10-20-19(26-2)21-11-14)8-6-16(17)18(23-13)24-15-4-3-5-15/h10-11,15H,3-9,12H2,1-2H3,(H,22,23,24). The average molecular weight is 354 g/mol. The number of anilines is 1. The van der Waals surface area contributed by atoms with Gasteiger partial charge in [-0.2, -0.15) is 0 Å². The lowest BCUT2D eigenvalue weighted by atomic mass is 9.93. The molecule has 2 aromatic heterocycles. The van der Waals surface area contributed by atoms with Crippen LogP contribution in [0.5, 0.6) is 6.01 Å². The van der Waals surface area contributed by atoms with Crippen molar-refractivity contribution >= 4 is 5.82 Å². The quantitative estimate of drug-likeness (QED) is 0.881. The molecule has 1 fully saturated rings. The van der Waals surface area contributed by atoms with Crippen LogP contribution in [0.1, 0.15) is 41.9 Å². The highest BCUT2D eigenvalue weighted by Gasteiger charge is 2.23. The van der Waals surface area contributed by atoms with Crippen LogP contribution >= 0.6 is 0 Å². The zero-order valence-electron chi connectivity index (χ0n) is 15.5. The van der Waals surface area contributed by atoms with Gasteiger partial charge in [-0.05, 0) is 32.6 Å². The number of hydrogen-bond acceptors (Lipinski definition) is 7. The predicted molar refractivity (Wildman–Crippen MR) is 99.3 cm³/mol. The summed E-state index contributed by atoms with van der Waals surface area (Å²) in [5, 5.41) is 3.65. The summed E-state index contributed by atoms with van der Waals surface area (Å²) in [6, 6.07) is 0.999. The second-order valence-corrected chi connectivity index (χ2v) is 7.17. The van der Waals surface area contributed by atoms with Gasteiger partial charge in [0.25, 0.3) is 0 Å². The Kier molecular flexibility index (Phi) is 4.97. The Balaban J connectivity index is 1.46. The van der Waals surface area contributed by atoms with Gasteiger partial charge in [-0.15, -0.1) is 0 Å². The van der Waals surface area contributed by atoms with Crippen LogP contribution in [0.4, 0.5) is 5.82 Å². The molecule has 1 saturated carbocycles. The summed E-state index contributed by atoms with van der Waals surface area (Å²) >= 11 is 0. The highest BCUT2D eigenvalue weighted by molar-refractivity contribution is 5.48. The summed E-state index contributed by atoms with van der Waals surface area (Å²) in [7, 11) is 1.58. The van der Waals surface area contributed by atoms with Crippen molar-refractivity contribution in [2.75, 3.05) is 25.5 Å². The summed E-state index contributed by atoms with van der Waals surface area (Å²) in [5.41, 5.74) is 3.61. The molecule has 2 aliphatic rings. The molecule has 26 heavy (non-hydrogen) atoms. The maximum atomic E-state index is 5.03. The Morgan fingerprint density at radius 1 is 1.15 bits per heavy atom. The van der Waals surface area contributed by atoms with Crippen molar-refractivity contribution < 1.29 is 4.74 Å². The lowest BCUT2D eigenvalue weighted by Gasteiger charge is -2.28. The molecule has 4 rings (SSSR count). The van der Waals surface area contributed by atoms with E-state index in [9.17, 15) is 0 Å². The number of nitrogens with one attached hydrogen (secondary N) is 1. The zero-order valence-corrected chi connectivity index (χ0v) is 15.5. The molecule has 0 spiro atoms. The number of aryl methyl sites for hydroxylation is 1. The first-order chi connectivity index (χ1) is 12.7. The molecule has 0 unspecified atom stereocenters. The van der Waals surface area contributed by atoms with Crippen LogP contribution in [0.25, 0.3) is 0 Å². The van der Waals surface area contributed by atoms with Crippen LogP contribution in [0.15, 0.2) is 12.4 Å². The fraction of sp³-hybridized carbons (Fsp3) is 0.579. The van der Waals surface area contributed by atoms with Gasteiger partial charge in [-0.1, -0.05) is 0 Å². The van der Waals surface area contributed by atoms with E-state index < -0.39 is 0 Å². The number of hydrogen-bond donors (Lipinski definition) is 1. The molecule has 1 aliphatic carbocycles. The van der Waals surface area contributed by atoms with Crippen molar-refractivity contribution in [1.82, 2.24) is 24.8 Å². The SMILES string of the molecule is COc1ncc(CN2CCc3nc(C)nc(NC4CCC4)c3CC2)cn1. The zero-order chi connectivity index (χ0) is 17.9. The monoisotopic (exact) mass is 354 g/mol. The summed E-state index contributed by atoms with van der Waals surface area (Å²) < 4.78 is 5.03. The number of methoxy groups -OCH3 is 1. The number of aromatic nitrogens is 4. The van der Waals surface area contributed by atoms with Gasteiger partial charge in [0.1, 0.15) is 11.6 Å². The highest BCUT2D eigenvalue weighted by Crippen LogP contribution is 2.27. The van der Waals surface area contributed by atoms with Gasteiger partial charge in [-0.25, -0.2) is 19.9 Å². The van der Waals surface area contributed by atoms with E-state index in [0.717, 1.165) is 49.7 Å². The third kappa shape index (κ3) is 3.77. The normalized spacial score (nSPS) is 17.9. The van der Waals surface area contributed by atoms with Crippen LogP contribution in [-0.2, 0) is 19.4 Å². The second kappa shape index (κ2) is 7.53. The van der Waals surface area contributed by atoms with Crippen LogP contribution in [-0.4, -0.2) is 51.1 Å². The Morgan fingerprint density at radius 3 is 2.62 bits per heavy atom. The van der Waals surface area contributed by atoms with Crippen molar-refractivity contribution in [2.45, 2.75) is 51.6 Å². The van der Waals surface area contributed by atoms with Crippen LogP contribution in [0.2, 0.25) is 0 Å². The second-order valence-electron chi connectivity index (χ2n) is 7.17. The minimum Gasteiger partial charge on any atom is -0.467 e. The molecule has 0 atom stereocenters. The number of ether oxygens (including phenoxy) is 1. The largest absolute Gasteiger partial charge is 0.467 e. The molecule has 1 aliphatic heterocycles. The van der Waals surface area contributed by atoms with Crippen molar-refractivity contribution in [3.63, 3.8) is 0 Å². The molecule has 0 radical (unpaired) electrons. The average Bonchev–Trinajstić information content (AvgIpc) is 2.81. The maximum absolute atomic E-state index is 5.03.